The SMILES string of the molecule is COc1cc(-c2c[nH]n3c(=O)c(C(N)=O)cnc23)ccc1Sc1ccccc1. The normalized spacial score (nSPS) is 10.9. The predicted molar refractivity (Wildman–Crippen MR) is 107 cm³/mol. The zero-order valence-corrected chi connectivity index (χ0v) is 15.7. The number of nitrogens with one attached hydrogen (secondary N) is 1. The molecule has 1 amide bonds. The summed E-state index contributed by atoms with van der Waals surface area (Å²) in [7, 11) is 1.62. The summed E-state index contributed by atoms with van der Waals surface area (Å²) < 4.78 is 6.76. The van der Waals surface area contributed by atoms with Crippen molar-refractivity contribution in [3.8, 4) is 16.9 Å². The van der Waals surface area contributed by atoms with Crippen LogP contribution >= 0.6 is 11.8 Å². The molecule has 0 aliphatic rings. The number of aromatic amines is 1. The Morgan fingerprint density at radius 3 is 2.71 bits per heavy atom. The van der Waals surface area contributed by atoms with E-state index in [1.54, 1.807) is 25.1 Å². The Bertz CT molecular complexity index is 1230. The van der Waals surface area contributed by atoms with E-state index >= 15 is 0 Å². The highest BCUT2D eigenvalue weighted by molar-refractivity contribution is 7.99. The van der Waals surface area contributed by atoms with Crippen molar-refractivity contribution in [2.75, 3.05) is 7.11 Å². The number of benzene rings is 2. The van der Waals surface area contributed by atoms with Crippen LogP contribution in [0.2, 0.25) is 0 Å². The Hall–Kier alpha value is -3.52. The second kappa shape index (κ2) is 7.24. The molecule has 0 fully saturated rings. The standard InChI is InChI=1S/C20H16N4O3S/c1-27-16-9-12(7-8-17(16)28-13-5-3-2-4-6-13)14-11-23-24-19(14)22-10-15(18(21)25)20(24)26/h2-11,23H,1H3,(H2,21,25). The van der Waals surface area contributed by atoms with Gasteiger partial charge >= 0.3 is 0 Å². The van der Waals surface area contributed by atoms with Gasteiger partial charge < -0.3 is 10.5 Å². The van der Waals surface area contributed by atoms with Crippen molar-refractivity contribution in [3.05, 3.63) is 76.8 Å². The number of rotatable bonds is 5. The van der Waals surface area contributed by atoms with E-state index in [1.165, 1.54) is 10.7 Å². The van der Waals surface area contributed by atoms with Crippen molar-refractivity contribution in [2.45, 2.75) is 9.79 Å². The molecule has 3 N–H and O–H groups in total. The van der Waals surface area contributed by atoms with Gasteiger partial charge in [0.1, 0.15) is 11.3 Å². The Labute approximate surface area is 164 Å². The van der Waals surface area contributed by atoms with Crippen molar-refractivity contribution in [2.24, 2.45) is 5.73 Å². The summed E-state index contributed by atoms with van der Waals surface area (Å²) in [4.78, 5) is 30.0. The van der Waals surface area contributed by atoms with Gasteiger partial charge in [0.05, 0.1) is 12.0 Å². The van der Waals surface area contributed by atoms with Gasteiger partial charge in [-0.3, -0.25) is 14.7 Å². The predicted octanol–water partition coefficient (Wildman–Crippen LogP) is 2.95. The van der Waals surface area contributed by atoms with Gasteiger partial charge in [-0.05, 0) is 29.8 Å². The second-order valence-electron chi connectivity index (χ2n) is 5.97. The van der Waals surface area contributed by atoms with Crippen molar-refractivity contribution in [1.29, 1.82) is 0 Å². The molecule has 7 nitrogen and oxygen atoms in total. The van der Waals surface area contributed by atoms with Crippen LogP contribution in [-0.2, 0) is 0 Å². The molecule has 28 heavy (non-hydrogen) atoms. The molecule has 0 saturated heterocycles. The molecule has 4 aromatic rings. The number of nitrogens with two attached hydrogens (primary N) is 1. The minimum Gasteiger partial charge on any atom is -0.496 e. The number of hydrogen-bond donors (Lipinski definition) is 2. The highest BCUT2D eigenvalue weighted by Gasteiger charge is 2.16. The minimum absolute atomic E-state index is 0.168. The molecule has 0 bridgehead atoms. The zero-order chi connectivity index (χ0) is 19.7. The van der Waals surface area contributed by atoms with Crippen molar-refractivity contribution in [1.82, 2.24) is 14.6 Å². The van der Waals surface area contributed by atoms with Crippen LogP contribution in [0.25, 0.3) is 16.8 Å². The van der Waals surface area contributed by atoms with Gasteiger partial charge in [-0.25, -0.2) is 9.50 Å². The fraction of sp³-hybridized carbons (Fsp3) is 0.0500. The van der Waals surface area contributed by atoms with E-state index < -0.39 is 11.5 Å². The average Bonchev–Trinajstić information content (AvgIpc) is 3.14. The molecule has 0 saturated carbocycles. The highest BCUT2D eigenvalue weighted by atomic mass is 32.2. The van der Waals surface area contributed by atoms with E-state index in [-0.39, 0.29) is 5.56 Å². The van der Waals surface area contributed by atoms with Crippen LogP contribution in [0, 0.1) is 0 Å². The van der Waals surface area contributed by atoms with Crippen LogP contribution in [0.1, 0.15) is 10.4 Å². The largest absolute Gasteiger partial charge is 0.496 e. The van der Waals surface area contributed by atoms with Crippen LogP contribution < -0.4 is 16.0 Å². The summed E-state index contributed by atoms with van der Waals surface area (Å²) in [6.45, 7) is 0. The monoisotopic (exact) mass is 392 g/mol. The molecular formula is C20H16N4O3S. The van der Waals surface area contributed by atoms with Crippen LogP contribution in [0.4, 0.5) is 0 Å². The first-order valence-corrected chi connectivity index (χ1v) is 9.20. The van der Waals surface area contributed by atoms with Crippen molar-refractivity contribution >= 4 is 23.3 Å². The van der Waals surface area contributed by atoms with Crippen molar-refractivity contribution in [3.63, 3.8) is 0 Å². The van der Waals surface area contributed by atoms with E-state index in [0.717, 1.165) is 15.4 Å². The summed E-state index contributed by atoms with van der Waals surface area (Å²) in [5.41, 5.74) is 6.45. The van der Waals surface area contributed by atoms with Crippen LogP contribution in [0.3, 0.4) is 0 Å². The average molecular weight is 392 g/mol. The topological polar surface area (TPSA) is 102 Å². The molecule has 4 rings (SSSR count). The summed E-state index contributed by atoms with van der Waals surface area (Å²) in [6, 6.07) is 15.8. The first-order chi connectivity index (χ1) is 13.6. The van der Waals surface area contributed by atoms with Crippen LogP contribution in [0.5, 0.6) is 5.75 Å². The van der Waals surface area contributed by atoms with E-state index in [9.17, 15) is 9.59 Å². The quantitative estimate of drug-likeness (QED) is 0.544. The number of nitrogens with zero attached hydrogens (tertiary/aromatic N) is 2. The fourth-order valence-corrected chi connectivity index (χ4v) is 3.80. The van der Waals surface area contributed by atoms with Gasteiger partial charge in [0.25, 0.3) is 11.5 Å². The molecule has 2 heterocycles. The molecule has 2 aromatic heterocycles. The molecule has 0 aliphatic carbocycles. The lowest BCUT2D eigenvalue weighted by atomic mass is 10.1. The number of methoxy groups -OCH3 is 1. The van der Waals surface area contributed by atoms with Crippen molar-refractivity contribution < 1.29 is 9.53 Å². The van der Waals surface area contributed by atoms with Crippen LogP contribution in [0.15, 0.2) is 75.5 Å². The third kappa shape index (κ3) is 3.14. The summed E-state index contributed by atoms with van der Waals surface area (Å²) >= 11 is 1.60. The van der Waals surface area contributed by atoms with E-state index in [1.807, 2.05) is 48.5 Å². The van der Waals surface area contributed by atoms with E-state index in [4.69, 9.17) is 10.5 Å². The lowest BCUT2D eigenvalue weighted by molar-refractivity contribution is 0.0998. The molecule has 2 aromatic carbocycles. The number of ether oxygens (including phenoxy) is 1. The molecule has 0 unspecified atom stereocenters. The van der Waals surface area contributed by atoms with Gasteiger partial charge in [0, 0.05) is 22.9 Å². The number of aromatic nitrogens is 3. The fourth-order valence-electron chi connectivity index (χ4n) is 2.88. The Morgan fingerprint density at radius 2 is 2.00 bits per heavy atom. The van der Waals surface area contributed by atoms with E-state index in [0.29, 0.717) is 17.0 Å². The Morgan fingerprint density at radius 1 is 1.21 bits per heavy atom. The number of amides is 1. The number of fused-ring (bicyclic) bond motifs is 1. The van der Waals surface area contributed by atoms with E-state index in [2.05, 4.69) is 10.1 Å². The van der Waals surface area contributed by atoms with Gasteiger partial charge in [-0.2, -0.15) is 0 Å². The van der Waals surface area contributed by atoms with Gasteiger partial charge in [0.15, 0.2) is 5.65 Å². The highest BCUT2D eigenvalue weighted by Crippen LogP contribution is 2.37. The number of primary amides is 1. The zero-order valence-electron chi connectivity index (χ0n) is 14.9. The number of H-pyrrole nitrogens is 1. The molecule has 0 spiro atoms. The lowest BCUT2D eigenvalue weighted by Crippen LogP contribution is -2.27. The van der Waals surface area contributed by atoms with Crippen LogP contribution in [-0.4, -0.2) is 27.6 Å². The number of carbonyl (C=O) groups is 1. The minimum atomic E-state index is -0.813. The molecule has 0 atom stereocenters. The number of carbonyl (C=O) groups excluding carboxylic acids is 1. The Balaban J connectivity index is 1.77. The maximum absolute atomic E-state index is 12.4. The van der Waals surface area contributed by atoms with Gasteiger partial charge in [-0.1, -0.05) is 36.0 Å². The third-order valence-corrected chi connectivity index (χ3v) is 5.32. The first-order valence-electron chi connectivity index (χ1n) is 8.38. The first kappa shape index (κ1) is 17.9. The Kier molecular flexibility index (Phi) is 4.62. The lowest BCUT2D eigenvalue weighted by Gasteiger charge is -2.10. The maximum atomic E-state index is 12.4. The van der Waals surface area contributed by atoms with Gasteiger partial charge in [-0.15, -0.1) is 0 Å². The summed E-state index contributed by atoms with van der Waals surface area (Å²) in [6.07, 6.45) is 2.86. The molecule has 0 radical (unpaired) electrons. The smallest absolute Gasteiger partial charge is 0.285 e. The molecule has 140 valence electrons. The second-order valence-corrected chi connectivity index (χ2v) is 7.08. The molecular weight excluding hydrogens is 376 g/mol. The van der Waals surface area contributed by atoms with Gasteiger partial charge in [0.2, 0.25) is 0 Å². The third-order valence-electron chi connectivity index (χ3n) is 4.25. The molecule has 8 heteroatoms. The summed E-state index contributed by atoms with van der Waals surface area (Å²) in [5.74, 6) is -0.103. The maximum Gasteiger partial charge on any atom is 0.285 e. The number of hydrogen-bond acceptors (Lipinski definition) is 5. The summed E-state index contributed by atoms with van der Waals surface area (Å²) in [5, 5.41) is 2.83. The molecule has 0 aliphatic heterocycles.